The Hall–Kier alpha value is -4.09. The van der Waals surface area contributed by atoms with E-state index in [9.17, 15) is 9.59 Å². The molecule has 2 aliphatic rings. The summed E-state index contributed by atoms with van der Waals surface area (Å²) < 4.78 is 21.8. The molecule has 2 aliphatic heterocycles. The van der Waals surface area contributed by atoms with Crippen molar-refractivity contribution in [3.05, 3.63) is 87.0 Å². The Morgan fingerprint density at radius 1 is 1.07 bits per heavy atom. The summed E-state index contributed by atoms with van der Waals surface area (Å²) in [5.74, 6) is -0.102. The van der Waals surface area contributed by atoms with Gasteiger partial charge in [0.05, 0.1) is 66.9 Å². The van der Waals surface area contributed by atoms with Crippen LogP contribution in [0.15, 0.2) is 59.7 Å². The molecule has 3 aromatic rings. The van der Waals surface area contributed by atoms with Crippen LogP contribution in [0.25, 0.3) is 16.7 Å². The summed E-state index contributed by atoms with van der Waals surface area (Å²) in [5, 5.41) is 0.376. The largest absolute Gasteiger partial charge is 0.472 e. The second-order valence-electron chi connectivity index (χ2n) is 10.4. The van der Waals surface area contributed by atoms with E-state index in [1.165, 1.54) is 13.3 Å². The second kappa shape index (κ2) is 14.8. The molecule has 0 unspecified atom stereocenters. The third-order valence-electron chi connectivity index (χ3n) is 7.60. The molecule has 0 aromatic heterocycles. The van der Waals surface area contributed by atoms with Crippen molar-refractivity contribution >= 4 is 52.6 Å². The summed E-state index contributed by atoms with van der Waals surface area (Å²) in [6.07, 6.45) is 3.02. The zero-order chi connectivity index (χ0) is 31.9. The van der Waals surface area contributed by atoms with E-state index in [4.69, 9.17) is 47.9 Å². The van der Waals surface area contributed by atoms with Gasteiger partial charge in [-0.2, -0.15) is 0 Å². The Morgan fingerprint density at radius 3 is 2.51 bits per heavy atom. The van der Waals surface area contributed by atoms with Crippen LogP contribution in [-0.4, -0.2) is 83.4 Å². The smallest absolute Gasteiger partial charge is 0.339 e. The van der Waals surface area contributed by atoms with Crippen molar-refractivity contribution in [1.29, 1.82) is 0 Å². The number of ether oxygens (including phenoxy) is 4. The van der Waals surface area contributed by atoms with Gasteiger partial charge >= 0.3 is 5.97 Å². The van der Waals surface area contributed by atoms with Gasteiger partial charge in [0.25, 0.3) is 5.91 Å². The lowest BCUT2D eigenvalue weighted by molar-refractivity contribution is 0.0515. The van der Waals surface area contributed by atoms with Gasteiger partial charge in [-0.25, -0.2) is 4.79 Å². The van der Waals surface area contributed by atoms with Gasteiger partial charge in [-0.1, -0.05) is 47.5 Å². The number of carbonyl (C=O) groups is 2. The van der Waals surface area contributed by atoms with E-state index >= 15 is 0 Å². The number of fused-ring (bicyclic) bond motifs is 1. The van der Waals surface area contributed by atoms with Crippen LogP contribution in [0.5, 0.6) is 5.75 Å². The van der Waals surface area contributed by atoms with Gasteiger partial charge in [0.1, 0.15) is 5.75 Å². The molecule has 2 N–H and O–H groups in total. The quantitative estimate of drug-likeness (QED) is 0.188. The van der Waals surface area contributed by atoms with Crippen molar-refractivity contribution in [3.8, 4) is 16.9 Å². The number of hydrogen-bond acceptors (Lipinski definition) is 9. The number of benzene rings is 3. The lowest BCUT2D eigenvalue weighted by Crippen LogP contribution is -2.37. The SMILES string of the molecule is COCCN=CC(=CN)c1cc(Cl)c(C(=O)N2COc3c(cccc3-c3ccc(C(=O)OC)c(N4CCOCC4)c3)C2)c(Cl)c1. The Bertz CT molecular complexity index is 1610. The maximum atomic E-state index is 13.7. The average molecular weight is 654 g/mol. The highest BCUT2D eigenvalue weighted by atomic mass is 35.5. The van der Waals surface area contributed by atoms with Gasteiger partial charge in [-0.05, 0) is 35.4 Å². The predicted molar refractivity (Wildman–Crippen MR) is 175 cm³/mol. The zero-order valence-electron chi connectivity index (χ0n) is 25.1. The highest BCUT2D eigenvalue weighted by Gasteiger charge is 2.29. The molecular formula is C33H34Cl2N4O6. The first-order chi connectivity index (χ1) is 21.9. The third-order valence-corrected chi connectivity index (χ3v) is 8.20. The molecule has 3 aromatic carbocycles. The Balaban J connectivity index is 1.40. The van der Waals surface area contributed by atoms with E-state index in [0.717, 1.165) is 22.4 Å². The number of para-hydroxylation sites is 1. The van der Waals surface area contributed by atoms with E-state index in [-0.39, 0.29) is 34.8 Å². The fourth-order valence-electron chi connectivity index (χ4n) is 5.30. The van der Waals surface area contributed by atoms with Gasteiger partial charge in [0, 0.05) is 49.3 Å². The van der Waals surface area contributed by atoms with E-state index in [0.29, 0.717) is 61.9 Å². The van der Waals surface area contributed by atoms with E-state index < -0.39 is 5.97 Å². The third kappa shape index (κ3) is 7.10. The number of morpholine rings is 1. The first kappa shape index (κ1) is 32.3. The number of amides is 1. The molecule has 10 nitrogen and oxygen atoms in total. The number of methoxy groups -OCH3 is 2. The number of hydrogen-bond donors (Lipinski definition) is 1. The minimum absolute atomic E-state index is 0.00602. The van der Waals surface area contributed by atoms with Crippen molar-refractivity contribution < 1.29 is 28.5 Å². The summed E-state index contributed by atoms with van der Waals surface area (Å²) in [6, 6.07) is 14.7. The molecule has 1 fully saturated rings. The van der Waals surface area contributed by atoms with Crippen LogP contribution < -0.4 is 15.4 Å². The molecule has 5 rings (SSSR count). The molecule has 236 valence electrons. The molecule has 45 heavy (non-hydrogen) atoms. The van der Waals surface area contributed by atoms with Gasteiger partial charge < -0.3 is 34.5 Å². The molecule has 0 saturated carbocycles. The Kier molecular flexibility index (Phi) is 10.6. The lowest BCUT2D eigenvalue weighted by atomic mass is 9.97. The maximum absolute atomic E-state index is 13.7. The summed E-state index contributed by atoms with van der Waals surface area (Å²) in [4.78, 5) is 34.2. The number of nitrogens with zero attached hydrogens (tertiary/aromatic N) is 3. The minimum Gasteiger partial charge on any atom is -0.472 e. The van der Waals surface area contributed by atoms with Crippen LogP contribution in [0.4, 0.5) is 5.69 Å². The molecule has 0 atom stereocenters. The first-order valence-electron chi connectivity index (χ1n) is 14.4. The molecular weight excluding hydrogens is 619 g/mol. The van der Waals surface area contributed by atoms with Crippen LogP contribution in [0.1, 0.15) is 31.8 Å². The number of carbonyl (C=O) groups excluding carboxylic acids is 2. The van der Waals surface area contributed by atoms with Crippen LogP contribution >= 0.6 is 23.2 Å². The Labute approximate surface area is 271 Å². The number of rotatable bonds is 9. The molecule has 0 bridgehead atoms. The van der Waals surface area contributed by atoms with Gasteiger partial charge in [0.2, 0.25) is 0 Å². The fraction of sp³-hybridized carbons (Fsp3) is 0.303. The van der Waals surface area contributed by atoms with Gasteiger partial charge in [0.15, 0.2) is 6.73 Å². The normalized spacial score (nSPS) is 15.2. The van der Waals surface area contributed by atoms with E-state index in [1.54, 1.807) is 36.4 Å². The number of nitrogens with two attached hydrogens (primary N) is 1. The van der Waals surface area contributed by atoms with E-state index in [2.05, 4.69) is 9.89 Å². The van der Waals surface area contributed by atoms with Crippen LogP contribution in [0.2, 0.25) is 10.0 Å². The highest BCUT2D eigenvalue weighted by Crippen LogP contribution is 2.40. The number of esters is 1. The van der Waals surface area contributed by atoms with Gasteiger partial charge in [-0.15, -0.1) is 0 Å². The molecule has 0 aliphatic carbocycles. The van der Waals surface area contributed by atoms with Gasteiger partial charge in [-0.3, -0.25) is 9.79 Å². The number of allylic oxidation sites excluding steroid dienone is 1. The minimum atomic E-state index is -0.403. The zero-order valence-corrected chi connectivity index (χ0v) is 26.6. The average Bonchev–Trinajstić information content (AvgIpc) is 3.07. The monoisotopic (exact) mass is 652 g/mol. The first-order valence-corrected chi connectivity index (χ1v) is 15.1. The molecule has 2 heterocycles. The van der Waals surface area contributed by atoms with E-state index in [1.807, 2.05) is 30.3 Å². The van der Waals surface area contributed by atoms with Crippen molar-refractivity contribution in [2.75, 3.05) is 65.3 Å². The molecule has 1 amide bonds. The summed E-state index contributed by atoms with van der Waals surface area (Å²) in [7, 11) is 2.97. The van der Waals surface area contributed by atoms with Crippen molar-refractivity contribution in [2.45, 2.75) is 6.54 Å². The molecule has 0 spiro atoms. The standard InChI is InChI=1S/C33H34Cl2N4O6/c1-42-11-8-37-18-24(17-36)23-14-27(34)30(28(35)15-23)32(40)39-19-22-4-3-5-25(31(22)45-20-39)21-6-7-26(33(41)43-2)29(16-21)38-9-12-44-13-10-38/h3-7,14-18H,8-13,19-20,36H2,1-2H3. The summed E-state index contributed by atoms with van der Waals surface area (Å²) in [6.45, 7) is 3.69. The van der Waals surface area contributed by atoms with Crippen molar-refractivity contribution in [2.24, 2.45) is 10.7 Å². The maximum Gasteiger partial charge on any atom is 0.339 e. The molecule has 12 heteroatoms. The predicted octanol–water partition coefficient (Wildman–Crippen LogP) is 5.29. The fourth-order valence-corrected chi connectivity index (χ4v) is 5.95. The highest BCUT2D eigenvalue weighted by molar-refractivity contribution is 6.40. The van der Waals surface area contributed by atoms with Crippen molar-refractivity contribution in [1.82, 2.24) is 4.90 Å². The van der Waals surface area contributed by atoms with Crippen molar-refractivity contribution in [3.63, 3.8) is 0 Å². The molecule has 0 radical (unpaired) electrons. The molecule has 1 saturated heterocycles. The van der Waals surface area contributed by atoms with Crippen LogP contribution in [-0.2, 0) is 20.8 Å². The van der Waals surface area contributed by atoms with Crippen LogP contribution in [0, 0.1) is 0 Å². The lowest BCUT2D eigenvalue weighted by Gasteiger charge is -2.32. The topological polar surface area (TPSA) is 116 Å². The number of anilines is 1. The summed E-state index contributed by atoms with van der Waals surface area (Å²) in [5.41, 5.74) is 11.0. The Morgan fingerprint density at radius 2 is 1.82 bits per heavy atom. The second-order valence-corrected chi connectivity index (χ2v) is 11.2. The number of halogens is 2. The number of aliphatic imine (C=N–C) groups is 1. The van der Waals surface area contributed by atoms with Crippen LogP contribution in [0.3, 0.4) is 0 Å². The summed E-state index contributed by atoms with van der Waals surface area (Å²) >= 11 is 13.2.